The van der Waals surface area contributed by atoms with Gasteiger partial charge in [-0.3, -0.25) is 0 Å². The van der Waals surface area contributed by atoms with Crippen molar-refractivity contribution in [2.75, 3.05) is 6.61 Å². The minimum Gasteiger partial charge on any atom is -0.339 e. The average molecular weight is 129 g/mol. The molecule has 1 fully saturated rings. The molecule has 0 saturated carbocycles. The van der Waals surface area contributed by atoms with Crippen LogP contribution in [0.25, 0.3) is 0 Å². The van der Waals surface area contributed by atoms with Crippen molar-refractivity contribution in [3.8, 4) is 0 Å². The summed E-state index contributed by atoms with van der Waals surface area (Å²) in [5, 5.41) is 0. The fourth-order valence-electron chi connectivity index (χ4n) is 1.10. The summed E-state index contributed by atoms with van der Waals surface area (Å²) in [4.78, 5) is 8.91. The van der Waals surface area contributed by atoms with E-state index in [4.69, 9.17) is 9.53 Å². The van der Waals surface area contributed by atoms with E-state index in [2.05, 4.69) is 6.92 Å². The number of carbonyl (C=O) groups excluding carboxylic acids is 1. The second-order valence-corrected chi connectivity index (χ2v) is 2.51. The zero-order valence-corrected chi connectivity index (χ0v) is 5.76. The molecule has 2 nitrogen and oxygen atoms in total. The molecular formula is C7H13O2+. The van der Waals surface area contributed by atoms with Gasteiger partial charge in [0, 0.05) is 6.42 Å². The third-order valence-corrected chi connectivity index (χ3v) is 1.84. The van der Waals surface area contributed by atoms with Crippen LogP contribution in [0.3, 0.4) is 0 Å². The Morgan fingerprint density at radius 2 is 2.56 bits per heavy atom. The van der Waals surface area contributed by atoms with Crippen LogP contribution in [0.5, 0.6) is 0 Å². The van der Waals surface area contributed by atoms with Gasteiger partial charge < -0.3 is 9.53 Å². The first-order valence-corrected chi connectivity index (χ1v) is 3.50. The largest absolute Gasteiger partial charge is 0.482 e. The van der Waals surface area contributed by atoms with Gasteiger partial charge in [-0.2, -0.15) is 0 Å². The second kappa shape index (κ2) is 2.85. The van der Waals surface area contributed by atoms with Gasteiger partial charge in [0.25, 0.3) is 0 Å². The zero-order chi connectivity index (χ0) is 6.69. The van der Waals surface area contributed by atoms with E-state index in [-0.39, 0.29) is 5.97 Å². The molecule has 1 aliphatic heterocycles. The van der Waals surface area contributed by atoms with E-state index in [9.17, 15) is 0 Å². The Morgan fingerprint density at radius 1 is 1.78 bits per heavy atom. The van der Waals surface area contributed by atoms with Gasteiger partial charge in [-0.25, -0.2) is 0 Å². The fourth-order valence-corrected chi connectivity index (χ4v) is 1.10. The predicted octanol–water partition coefficient (Wildman–Crippen LogP) is 1.33. The highest BCUT2D eigenvalue weighted by Gasteiger charge is 2.25. The first-order chi connectivity index (χ1) is 4.33. The number of cyclic esters (lactones) is 1. The van der Waals surface area contributed by atoms with Gasteiger partial charge in [-0.1, -0.05) is 13.3 Å². The van der Waals surface area contributed by atoms with Gasteiger partial charge >= 0.3 is 5.97 Å². The molecule has 1 saturated heterocycles. The van der Waals surface area contributed by atoms with Crippen LogP contribution in [0.15, 0.2) is 0 Å². The van der Waals surface area contributed by atoms with Crippen molar-refractivity contribution in [1.82, 2.24) is 0 Å². The van der Waals surface area contributed by atoms with E-state index in [1.807, 2.05) is 0 Å². The molecule has 1 N–H and O–H groups in total. The Hall–Kier alpha value is -0.530. The molecule has 0 amide bonds. The Bertz CT molecular complexity index is 109. The molecule has 1 heterocycles. The van der Waals surface area contributed by atoms with Crippen LogP contribution in [0, 0.1) is 5.92 Å². The lowest BCUT2D eigenvalue weighted by Gasteiger charge is -2.12. The molecule has 0 bridgehead atoms. The molecule has 52 valence electrons. The third kappa shape index (κ3) is 1.70. The van der Waals surface area contributed by atoms with Crippen LogP contribution in [0.1, 0.15) is 26.2 Å². The molecule has 0 aromatic carbocycles. The van der Waals surface area contributed by atoms with Crippen LogP contribution in [0.2, 0.25) is 0 Å². The van der Waals surface area contributed by atoms with E-state index in [0.29, 0.717) is 12.5 Å². The van der Waals surface area contributed by atoms with E-state index >= 15 is 0 Å². The van der Waals surface area contributed by atoms with Crippen LogP contribution >= 0.6 is 0 Å². The average Bonchev–Trinajstić information content (AvgIpc) is 1.88. The molecule has 9 heavy (non-hydrogen) atoms. The lowest BCUT2D eigenvalue weighted by molar-refractivity contribution is 0.191. The highest BCUT2D eigenvalue weighted by atomic mass is 16.5. The molecule has 0 aromatic heterocycles. The highest BCUT2D eigenvalue weighted by Crippen LogP contribution is 2.17. The minimum atomic E-state index is 0.230. The summed E-state index contributed by atoms with van der Waals surface area (Å²) in [7, 11) is 0. The maximum atomic E-state index is 8.91. The number of rotatable bonds is 1. The third-order valence-electron chi connectivity index (χ3n) is 1.84. The fraction of sp³-hybridized carbons (Fsp3) is 0.857. The summed E-state index contributed by atoms with van der Waals surface area (Å²) >= 11 is 0. The van der Waals surface area contributed by atoms with E-state index in [1.54, 1.807) is 0 Å². The number of hydrogen-bond acceptors (Lipinski definition) is 1. The molecule has 1 unspecified atom stereocenters. The molecule has 1 aliphatic rings. The van der Waals surface area contributed by atoms with Crippen molar-refractivity contribution in [2.45, 2.75) is 26.2 Å². The van der Waals surface area contributed by atoms with E-state index in [1.165, 1.54) is 0 Å². The molecular weight excluding hydrogens is 116 g/mol. The normalized spacial score (nSPS) is 27.7. The summed E-state index contributed by atoms with van der Waals surface area (Å²) in [6.07, 6.45) is 2.99. The molecule has 0 aliphatic carbocycles. The Morgan fingerprint density at radius 3 is 3.00 bits per heavy atom. The van der Waals surface area contributed by atoms with Crippen molar-refractivity contribution < 1.29 is 9.53 Å². The summed E-state index contributed by atoms with van der Waals surface area (Å²) in [6.45, 7) is 2.84. The second-order valence-electron chi connectivity index (χ2n) is 2.51. The first-order valence-electron chi connectivity index (χ1n) is 3.50. The van der Waals surface area contributed by atoms with Crippen LogP contribution in [-0.2, 0) is 4.74 Å². The summed E-state index contributed by atoms with van der Waals surface area (Å²) in [6, 6.07) is 0. The lowest BCUT2D eigenvalue weighted by Crippen LogP contribution is -2.20. The SMILES string of the molecule is CCC1CCOC(=[OH+])C1. The minimum absolute atomic E-state index is 0.230. The maximum Gasteiger partial charge on any atom is 0.482 e. The van der Waals surface area contributed by atoms with Gasteiger partial charge in [0.2, 0.25) is 0 Å². The first kappa shape index (κ1) is 6.59. The van der Waals surface area contributed by atoms with Crippen molar-refractivity contribution in [1.29, 1.82) is 0 Å². The topological polar surface area (TPSA) is 30.6 Å². The van der Waals surface area contributed by atoms with Gasteiger partial charge in [0.15, 0.2) is 6.61 Å². The van der Waals surface area contributed by atoms with Gasteiger partial charge in [0.05, 0.1) is 0 Å². The van der Waals surface area contributed by atoms with E-state index < -0.39 is 0 Å². The lowest BCUT2D eigenvalue weighted by atomic mass is 9.97. The zero-order valence-electron chi connectivity index (χ0n) is 5.76. The highest BCUT2D eigenvalue weighted by molar-refractivity contribution is 5.71. The Balaban J connectivity index is 2.32. The van der Waals surface area contributed by atoms with Crippen molar-refractivity contribution in [3.63, 3.8) is 0 Å². The molecule has 2 heteroatoms. The van der Waals surface area contributed by atoms with Gasteiger partial charge in [-0.05, 0) is 5.92 Å². The molecule has 0 spiro atoms. The molecule has 0 radical (unpaired) electrons. The van der Waals surface area contributed by atoms with Crippen LogP contribution in [0.4, 0.5) is 0 Å². The Labute approximate surface area is 55.2 Å². The monoisotopic (exact) mass is 129 g/mol. The van der Waals surface area contributed by atoms with Crippen LogP contribution < -0.4 is 0 Å². The smallest absolute Gasteiger partial charge is 0.339 e. The molecule has 1 rings (SSSR count). The van der Waals surface area contributed by atoms with Crippen molar-refractivity contribution >= 4 is 5.97 Å². The van der Waals surface area contributed by atoms with Crippen molar-refractivity contribution in [3.05, 3.63) is 0 Å². The summed E-state index contributed by atoms with van der Waals surface area (Å²) < 4.78 is 4.88. The van der Waals surface area contributed by atoms with E-state index in [0.717, 1.165) is 19.3 Å². The summed E-state index contributed by atoms with van der Waals surface area (Å²) in [5.41, 5.74) is 0. The van der Waals surface area contributed by atoms with Gasteiger partial charge in [-0.15, -0.1) is 0 Å². The number of hydrogen-bond donors (Lipinski definition) is 0. The van der Waals surface area contributed by atoms with Crippen molar-refractivity contribution in [2.24, 2.45) is 5.92 Å². The summed E-state index contributed by atoms with van der Waals surface area (Å²) in [5.74, 6) is 0.881. The number of esters is 1. The Kier molecular flexibility index (Phi) is 2.09. The quantitative estimate of drug-likeness (QED) is 0.388. The molecule has 1 atom stereocenters. The molecule has 0 aromatic rings. The number of ether oxygens (including phenoxy) is 1. The predicted molar refractivity (Wildman–Crippen MR) is 35.9 cm³/mol. The standard InChI is InChI=1S/C7H12O2/c1-2-6-3-4-9-7(8)5-6/h6H,2-5H2,1H3/p+1. The van der Waals surface area contributed by atoms with Crippen LogP contribution in [-0.4, -0.2) is 17.4 Å². The maximum absolute atomic E-state index is 8.91. The van der Waals surface area contributed by atoms with Gasteiger partial charge in [0.1, 0.15) is 6.42 Å².